The fourth-order valence-corrected chi connectivity index (χ4v) is 4.58. The highest BCUT2D eigenvalue weighted by Crippen LogP contribution is 2.17. The van der Waals surface area contributed by atoms with E-state index in [1.165, 1.54) is 35.9 Å². The monoisotopic (exact) mass is 473 g/mol. The number of benzene rings is 2. The first kappa shape index (κ1) is 24.2. The maximum Gasteiger partial charge on any atom is 0.262 e. The van der Waals surface area contributed by atoms with Gasteiger partial charge in [0.1, 0.15) is 11.8 Å². The summed E-state index contributed by atoms with van der Waals surface area (Å²) in [4.78, 5) is 30.0. The van der Waals surface area contributed by atoms with E-state index in [-0.39, 0.29) is 22.3 Å². The van der Waals surface area contributed by atoms with Crippen LogP contribution in [0.5, 0.6) is 5.75 Å². The minimum Gasteiger partial charge on any atom is -0.497 e. The van der Waals surface area contributed by atoms with Crippen molar-refractivity contribution in [3.05, 3.63) is 58.9 Å². The number of fused-ring (bicyclic) bond motifs is 1. The van der Waals surface area contributed by atoms with Crippen LogP contribution in [0.15, 0.2) is 58.2 Å². The van der Waals surface area contributed by atoms with Gasteiger partial charge in [-0.2, -0.15) is 4.72 Å². The molecule has 0 fully saturated rings. The van der Waals surface area contributed by atoms with Gasteiger partial charge in [-0.3, -0.25) is 25.0 Å². The average molecular weight is 474 g/mol. The van der Waals surface area contributed by atoms with Crippen molar-refractivity contribution in [1.29, 1.82) is 0 Å². The Morgan fingerprint density at radius 2 is 1.79 bits per heavy atom. The van der Waals surface area contributed by atoms with Crippen molar-refractivity contribution < 1.29 is 17.9 Å². The van der Waals surface area contributed by atoms with Crippen LogP contribution in [0.1, 0.15) is 20.8 Å². The molecule has 3 aromatic rings. The van der Waals surface area contributed by atoms with E-state index in [2.05, 4.69) is 20.6 Å². The average Bonchev–Trinajstić information content (AvgIpc) is 2.81. The van der Waals surface area contributed by atoms with Gasteiger partial charge in [-0.05, 0) is 49.2 Å². The Balaban J connectivity index is 1.80. The number of hydrogen-bond acceptors (Lipinski definition) is 7. The Hall–Kier alpha value is -3.44. The number of para-hydroxylation sites is 1. The van der Waals surface area contributed by atoms with Gasteiger partial charge < -0.3 is 4.74 Å². The molecule has 0 aliphatic heterocycles. The molecule has 3 N–H and O–H groups in total. The van der Waals surface area contributed by atoms with Crippen molar-refractivity contribution >= 4 is 32.8 Å². The number of amides is 1. The molecule has 0 spiro atoms. The van der Waals surface area contributed by atoms with Gasteiger partial charge in [0.05, 0.1) is 22.9 Å². The second-order valence-corrected chi connectivity index (χ2v) is 9.35. The summed E-state index contributed by atoms with van der Waals surface area (Å²) < 4.78 is 34.5. The van der Waals surface area contributed by atoms with Gasteiger partial charge in [0.25, 0.3) is 11.5 Å². The molecule has 10 nitrogen and oxygen atoms in total. The lowest BCUT2D eigenvalue weighted by Gasteiger charge is -2.22. The van der Waals surface area contributed by atoms with Crippen LogP contribution in [-0.2, 0) is 21.4 Å². The van der Waals surface area contributed by atoms with Crippen molar-refractivity contribution in [3.63, 3.8) is 0 Å². The van der Waals surface area contributed by atoms with Gasteiger partial charge in [-0.15, -0.1) is 0 Å². The van der Waals surface area contributed by atoms with E-state index in [9.17, 15) is 18.0 Å². The highest BCUT2D eigenvalue weighted by molar-refractivity contribution is 7.89. The summed E-state index contributed by atoms with van der Waals surface area (Å²) in [7, 11) is -2.49. The first-order valence-corrected chi connectivity index (χ1v) is 11.9. The predicted molar refractivity (Wildman–Crippen MR) is 125 cm³/mol. The van der Waals surface area contributed by atoms with Gasteiger partial charge in [0.15, 0.2) is 0 Å². The molecule has 0 aliphatic rings. The lowest BCUT2D eigenvalue weighted by molar-refractivity contribution is -0.123. The molecule has 33 heavy (non-hydrogen) atoms. The van der Waals surface area contributed by atoms with E-state index < -0.39 is 22.0 Å². The highest BCUT2D eigenvalue weighted by atomic mass is 32.2. The van der Waals surface area contributed by atoms with E-state index >= 15 is 0 Å². The maximum absolute atomic E-state index is 12.9. The Kier molecular flexibility index (Phi) is 7.34. The summed E-state index contributed by atoms with van der Waals surface area (Å²) >= 11 is 0. The Morgan fingerprint density at radius 3 is 2.39 bits per heavy atom. The third kappa shape index (κ3) is 5.32. The second kappa shape index (κ2) is 10.0. The lowest BCUT2D eigenvalue weighted by Crippen LogP contribution is -2.51. The van der Waals surface area contributed by atoms with E-state index in [1.54, 1.807) is 45.0 Å². The molecule has 1 aromatic heterocycles. The topological polar surface area (TPSA) is 131 Å². The Morgan fingerprint density at radius 1 is 1.12 bits per heavy atom. The second-order valence-electron chi connectivity index (χ2n) is 7.63. The molecular weight excluding hydrogens is 446 g/mol. The quantitative estimate of drug-likeness (QED) is 0.404. The van der Waals surface area contributed by atoms with Crippen LogP contribution in [-0.4, -0.2) is 37.0 Å². The molecule has 2 aromatic carbocycles. The first-order chi connectivity index (χ1) is 15.7. The number of sulfonamides is 1. The lowest BCUT2D eigenvalue weighted by atomic mass is 10.1. The zero-order valence-corrected chi connectivity index (χ0v) is 19.6. The fraction of sp³-hybridized carbons (Fsp3) is 0.318. The number of rotatable bonds is 9. The number of carbonyl (C=O) groups is 1. The molecule has 1 heterocycles. The number of hydrogen-bond donors (Lipinski definition) is 3. The van der Waals surface area contributed by atoms with E-state index in [0.29, 0.717) is 23.2 Å². The summed E-state index contributed by atoms with van der Waals surface area (Å²) in [5.74, 6) is -0.318. The minimum absolute atomic E-state index is 0.00530. The number of aromatic nitrogens is 2. The van der Waals surface area contributed by atoms with Crippen LogP contribution in [0, 0.1) is 5.92 Å². The molecule has 1 amide bonds. The van der Waals surface area contributed by atoms with Gasteiger partial charge in [0, 0.05) is 6.54 Å². The number of ether oxygens (including phenoxy) is 1. The summed E-state index contributed by atoms with van der Waals surface area (Å²) in [5.41, 5.74) is 5.38. The summed E-state index contributed by atoms with van der Waals surface area (Å²) in [6.45, 7) is 5.55. The van der Waals surface area contributed by atoms with Gasteiger partial charge in [0.2, 0.25) is 16.0 Å². The third-order valence-electron chi connectivity index (χ3n) is 5.08. The molecule has 0 radical (unpaired) electrons. The minimum atomic E-state index is -3.97. The van der Waals surface area contributed by atoms with Crippen molar-refractivity contribution in [2.24, 2.45) is 5.92 Å². The number of carbonyl (C=O) groups excluding carboxylic acids is 1. The molecule has 0 aliphatic carbocycles. The summed E-state index contributed by atoms with van der Waals surface area (Å²) in [6.07, 6.45) is 0. The molecule has 0 unspecified atom stereocenters. The number of nitrogens with zero attached hydrogens (tertiary/aromatic N) is 2. The van der Waals surface area contributed by atoms with Gasteiger partial charge >= 0.3 is 0 Å². The van der Waals surface area contributed by atoms with Gasteiger partial charge in [-0.1, -0.05) is 26.0 Å². The number of nitrogens with one attached hydrogen (secondary N) is 3. The molecule has 176 valence electrons. The SMILES string of the molecule is CCn1c(NNC(=O)[C@@H](NS(=O)(=O)c2ccc(OC)cc2)C(C)C)nc2ccccc2c1=O. The number of methoxy groups -OCH3 is 1. The molecular formula is C22H27N5O5S. The van der Waals surface area contributed by atoms with Crippen LogP contribution in [0.25, 0.3) is 10.9 Å². The predicted octanol–water partition coefficient (Wildman–Crippen LogP) is 1.87. The van der Waals surface area contributed by atoms with Crippen molar-refractivity contribution in [2.75, 3.05) is 12.5 Å². The first-order valence-electron chi connectivity index (χ1n) is 10.4. The molecule has 1 atom stereocenters. The molecule has 11 heteroatoms. The molecule has 0 bridgehead atoms. The highest BCUT2D eigenvalue weighted by Gasteiger charge is 2.28. The van der Waals surface area contributed by atoms with E-state index in [1.807, 2.05) is 0 Å². The maximum atomic E-state index is 12.9. The zero-order chi connectivity index (χ0) is 24.2. The van der Waals surface area contributed by atoms with Crippen molar-refractivity contribution in [2.45, 2.75) is 38.3 Å². The van der Waals surface area contributed by atoms with Crippen molar-refractivity contribution in [1.82, 2.24) is 19.7 Å². The third-order valence-corrected chi connectivity index (χ3v) is 6.53. The van der Waals surface area contributed by atoms with Gasteiger partial charge in [-0.25, -0.2) is 13.4 Å². The standard InChI is InChI=1S/C22H27N5O5S/c1-5-27-21(29)17-8-6-7-9-18(17)23-22(27)25-24-20(28)19(14(2)3)26-33(30,31)16-12-10-15(32-4)11-13-16/h6-14,19,26H,5H2,1-4H3,(H,23,25)(H,24,28)/t19-/m0/s1. The molecule has 0 saturated heterocycles. The smallest absolute Gasteiger partial charge is 0.262 e. The van der Waals surface area contributed by atoms with Crippen molar-refractivity contribution in [3.8, 4) is 5.75 Å². The summed E-state index contributed by atoms with van der Waals surface area (Å²) in [5, 5.41) is 0.462. The normalized spacial score (nSPS) is 12.5. The molecule has 3 rings (SSSR count). The largest absolute Gasteiger partial charge is 0.497 e. The van der Waals surface area contributed by atoms with Crippen LogP contribution in [0.4, 0.5) is 5.95 Å². The van der Waals surface area contributed by atoms with Crippen LogP contribution in [0.2, 0.25) is 0 Å². The van der Waals surface area contributed by atoms with Crippen LogP contribution in [0.3, 0.4) is 0 Å². The zero-order valence-electron chi connectivity index (χ0n) is 18.8. The molecule has 0 saturated carbocycles. The van der Waals surface area contributed by atoms with E-state index in [0.717, 1.165) is 0 Å². The number of hydrazine groups is 1. The summed E-state index contributed by atoms with van der Waals surface area (Å²) in [6, 6.07) is 11.7. The van der Waals surface area contributed by atoms with Crippen LogP contribution >= 0.6 is 0 Å². The fourth-order valence-electron chi connectivity index (χ4n) is 3.23. The Labute approximate surface area is 192 Å². The number of anilines is 1. The Bertz CT molecular complexity index is 1300. The van der Waals surface area contributed by atoms with Crippen LogP contribution < -0.4 is 25.9 Å². The van der Waals surface area contributed by atoms with E-state index in [4.69, 9.17) is 4.74 Å².